The molecule has 0 aliphatic rings. The van der Waals surface area contributed by atoms with Gasteiger partial charge in [-0.1, -0.05) is 286 Å². The van der Waals surface area contributed by atoms with Crippen LogP contribution in [-0.2, 0) is 4.43 Å². The minimum Gasteiger partial charge on any atom is -0.421 e. The second-order valence-electron chi connectivity index (χ2n) is 18.0. The second kappa shape index (κ2) is 88.8. The lowest BCUT2D eigenvalue weighted by molar-refractivity contribution is 0.411. The van der Waals surface area contributed by atoms with Gasteiger partial charge in [-0.3, -0.25) is 0 Å². The van der Waals surface area contributed by atoms with Gasteiger partial charge in [-0.25, -0.2) is 0 Å². The molecule has 0 N–H and O–H groups in total. The molecule has 52 heavy (non-hydrogen) atoms. The van der Waals surface area contributed by atoms with Gasteiger partial charge in [0, 0.05) is 31.3 Å². The lowest BCUT2D eigenvalue weighted by Gasteiger charge is -2.10. The largest absolute Gasteiger partial charge is 0.421 e. The third-order valence-corrected chi connectivity index (χ3v) is 1.84. The Morgan fingerprint density at radius 1 is 0.308 bits per heavy atom. The third-order valence-electron chi connectivity index (χ3n) is 0.612. The molecule has 0 atom stereocenters. The van der Waals surface area contributed by atoms with Gasteiger partial charge in [0.2, 0.25) is 0 Å². The molecule has 0 rings (SSSR count). The highest BCUT2D eigenvalue weighted by Gasteiger charge is 2.09. The fourth-order valence-corrected chi connectivity index (χ4v) is 0. The van der Waals surface area contributed by atoms with Gasteiger partial charge in [-0.15, -0.1) is 0 Å². The van der Waals surface area contributed by atoms with Gasteiger partial charge in [-0.05, 0) is 30.5 Å². The highest BCUT2D eigenvalue weighted by molar-refractivity contribution is 6.75. The summed E-state index contributed by atoms with van der Waals surface area (Å²) in [5.41, 5.74) is 1.00. The lowest BCUT2D eigenvalue weighted by Crippen LogP contribution is -2.22. The van der Waals surface area contributed by atoms with Crippen LogP contribution in [0.1, 0.15) is 207 Å². The van der Waals surface area contributed by atoms with Crippen molar-refractivity contribution >= 4 is 32.5 Å². The van der Waals surface area contributed by atoms with Crippen LogP contribution in [0.15, 0.2) is 0 Å². The molecule has 1 nitrogen and oxygen atoms in total. The molecule has 5 heteroatoms. The standard InChI is InChI=1S/2C5H12.C4H12OSi.3C4H12Si.C3H8.2C2H6.14CH4/c2*1-5(2,3)4;1-5-6(2,3)4;3*1-5(2,3)4;1-3-2;2*1-2;;;;;;;;;;;;;;/h2*1-4H3;1-4H3;3*1-4H3;3H2,1-2H3;2*1-2H3;14*1H4. The molecular weight excluding hydrogens is 693 g/mol. The van der Waals surface area contributed by atoms with Crippen LogP contribution in [0.25, 0.3) is 0 Å². The summed E-state index contributed by atoms with van der Waals surface area (Å²) >= 11 is 0. The highest BCUT2D eigenvalue weighted by atomic mass is 28.4. The molecule has 0 aromatic heterocycles. The zero-order valence-corrected chi connectivity index (χ0v) is 38.1. The van der Waals surface area contributed by atoms with E-state index in [1.54, 1.807) is 7.11 Å². The zero-order valence-electron chi connectivity index (χ0n) is 34.1. The molecule has 0 aliphatic carbocycles. The molecule has 0 saturated carbocycles. The summed E-state index contributed by atoms with van der Waals surface area (Å²) in [5, 5.41) is 0. The first-order valence-electron chi connectivity index (χ1n) is 15.5. The van der Waals surface area contributed by atoms with Gasteiger partial charge in [0.25, 0.3) is 0 Å². The topological polar surface area (TPSA) is 9.23 Å². The van der Waals surface area contributed by atoms with E-state index in [1.807, 2.05) is 27.7 Å². The fourth-order valence-electron chi connectivity index (χ4n) is 0. The Labute approximate surface area is 358 Å². The fraction of sp³-hybridized carbons (Fsp3) is 1.00. The number of rotatable bonds is 1. The average Bonchev–Trinajstić information content (AvgIpc) is 2.51. The first-order chi connectivity index (χ1) is 16.0. The summed E-state index contributed by atoms with van der Waals surface area (Å²) in [6.07, 6.45) is 1.25. The minimum absolute atomic E-state index is 0. The van der Waals surface area contributed by atoms with Crippen molar-refractivity contribution in [2.45, 2.75) is 306 Å². The van der Waals surface area contributed by atoms with Crippen molar-refractivity contribution < 1.29 is 4.43 Å². The predicted octanol–water partition coefficient (Wildman–Crippen LogP) is 23.8. The Morgan fingerprint density at radius 3 is 0.327 bits per heavy atom. The van der Waals surface area contributed by atoms with E-state index in [4.69, 9.17) is 4.43 Å². The molecule has 0 amide bonds. The summed E-state index contributed by atoms with van der Waals surface area (Å²) in [6.45, 7) is 64.1. The quantitative estimate of drug-likeness (QED) is 0.239. The van der Waals surface area contributed by atoms with Crippen molar-refractivity contribution in [3.63, 3.8) is 0 Å². The molecular formula is C47H148OSi4. The normalized spacial score (nSPS) is 7.73. The van der Waals surface area contributed by atoms with Crippen molar-refractivity contribution in [1.29, 1.82) is 0 Å². The maximum Gasteiger partial charge on any atom is 0.183 e. The first kappa shape index (κ1) is 159. The molecule has 0 aromatic rings. The van der Waals surface area contributed by atoms with Crippen LogP contribution in [0.3, 0.4) is 0 Å². The van der Waals surface area contributed by atoms with E-state index in [0.717, 1.165) is 0 Å². The van der Waals surface area contributed by atoms with Crippen molar-refractivity contribution in [2.75, 3.05) is 7.11 Å². The summed E-state index contributed by atoms with van der Waals surface area (Å²) in [5.74, 6) is 0. The summed E-state index contributed by atoms with van der Waals surface area (Å²) < 4.78 is 5.08. The van der Waals surface area contributed by atoms with Crippen molar-refractivity contribution in [3.05, 3.63) is 0 Å². The Kier molecular flexibility index (Phi) is 272. The predicted molar refractivity (Wildman–Crippen MR) is 301 cm³/mol. The average molecular weight is 842 g/mol. The number of hydrogen-bond acceptors (Lipinski definition) is 1. The lowest BCUT2D eigenvalue weighted by atomic mass is 10.0. The van der Waals surface area contributed by atoms with Crippen LogP contribution in [0.5, 0.6) is 0 Å². The monoisotopic (exact) mass is 841 g/mol. The van der Waals surface area contributed by atoms with Gasteiger partial charge in [0.15, 0.2) is 8.32 Å². The summed E-state index contributed by atoms with van der Waals surface area (Å²) in [7, 11) is -1.19. The van der Waals surface area contributed by atoms with E-state index in [0.29, 0.717) is 10.8 Å². The van der Waals surface area contributed by atoms with E-state index >= 15 is 0 Å². The molecule has 0 spiro atoms. The van der Waals surface area contributed by atoms with E-state index < -0.39 is 32.5 Å². The van der Waals surface area contributed by atoms with Gasteiger partial charge in [0.05, 0.1) is 0 Å². The van der Waals surface area contributed by atoms with Gasteiger partial charge >= 0.3 is 0 Å². The summed E-state index contributed by atoms with van der Waals surface area (Å²) in [4.78, 5) is 0. The summed E-state index contributed by atoms with van der Waals surface area (Å²) in [6, 6.07) is 0. The van der Waals surface area contributed by atoms with Crippen LogP contribution in [-0.4, -0.2) is 39.6 Å². The Morgan fingerprint density at radius 2 is 0.327 bits per heavy atom. The maximum atomic E-state index is 5.08. The van der Waals surface area contributed by atoms with Crippen LogP contribution >= 0.6 is 0 Å². The molecule has 0 radical (unpaired) electrons. The van der Waals surface area contributed by atoms with E-state index in [9.17, 15) is 0 Å². The molecule has 0 heterocycles. The molecule has 0 unspecified atom stereocenters. The second-order valence-corrected chi connectivity index (χ2v) is 40.7. The number of hydrogen-bond donors (Lipinski definition) is 0. The third kappa shape index (κ3) is 8610. The Bertz CT molecular complexity index is 269. The Hall–Kier alpha value is 0.828. The zero-order chi connectivity index (χ0) is 34.4. The van der Waals surface area contributed by atoms with Crippen LogP contribution in [0.4, 0.5) is 0 Å². The SMILES string of the molecule is C.C.C.C.C.C.C.C.C.C.C.C.C.C.CC.CC.CC(C)(C)C.CC(C)(C)C.CCC.CO[Si](C)(C)C.C[Si](C)(C)C.C[Si](C)(C)C.C[Si](C)(C)C. The van der Waals surface area contributed by atoms with E-state index in [2.05, 4.69) is 167 Å². The van der Waals surface area contributed by atoms with Crippen molar-refractivity contribution in [1.82, 2.24) is 0 Å². The molecule has 0 aliphatic heterocycles. The maximum absolute atomic E-state index is 5.08. The Balaban J connectivity index is -0.00000000849. The molecule has 358 valence electrons. The molecule has 0 aromatic carbocycles. The van der Waals surface area contributed by atoms with Gasteiger partial charge in [0.1, 0.15) is 0 Å². The van der Waals surface area contributed by atoms with Crippen LogP contribution < -0.4 is 0 Å². The van der Waals surface area contributed by atoms with E-state index in [1.165, 1.54) is 6.42 Å². The van der Waals surface area contributed by atoms with Crippen molar-refractivity contribution in [3.8, 4) is 0 Å². The molecule has 0 saturated heterocycles. The highest BCUT2D eigenvalue weighted by Crippen LogP contribution is 2.08. The molecule has 0 bridgehead atoms. The first-order valence-corrected chi connectivity index (χ1v) is 30.9. The van der Waals surface area contributed by atoms with Gasteiger partial charge in [-0.2, -0.15) is 0 Å². The van der Waals surface area contributed by atoms with Crippen LogP contribution in [0.2, 0.25) is 98.2 Å². The molecule has 0 fully saturated rings. The van der Waals surface area contributed by atoms with Gasteiger partial charge < -0.3 is 4.43 Å². The smallest absolute Gasteiger partial charge is 0.183 e. The van der Waals surface area contributed by atoms with Crippen molar-refractivity contribution in [2.24, 2.45) is 10.8 Å². The van der Waals surface area contributed by atoms with E-state index in [-0.39, 0.29) is 104 Å². The van der Waals surface area contributed by atoms with Crippen LogP contribution in [0, 0.1) is 10.8 Å². The minimum atomic E-state index is -1.13.